The average molecular weight is 556 g/mol. The minimum Gasteiger partial charge on any atom is -0.496 e. The summed E-state index contributed by atoms with van der Waals surface area (Å²) in [7, 11) is 2.91. The van der Waals surface area contributed by atoms with Crippen molar-refractivity contribution in [3.8, 4) is 11.5 Å². The maximum absolute atomic E-state index is 14.0. The number of nitrogens with two attached hydrogens (primary N) is 1. The summed E-state index contributed by atoms with van der Waals surface area (Å²) in [5, 5.41) is 27.4. The number of anilines is 1. The molecule has 40 heavy (non-hydrogen) atoms. The van der Waals surface area contributed by atoms with E-state index in [1.807, 2.05) is 0 Å². The first-order valence-electron chi connectivity index (χ1n) is 12.4. The first kappa shape index (κ1) is 28.3. The van der Waals surface area contributed by atoms with Crippen molar-refractivity contribution < 1.29 is 38.7 Å². The number of ether oxygens (including phenoxy) is 2. The summed E-state index contributed by atoms with van der Waals surface area (Å²) in [6.07, 6.45) is -0.0191. The van der Waals surface area contributed by atoms with Crippen LogP contribution in [-0.2, 0) is 14.4 Å². The van der Waals surface area contributed by atoms with Gasteiger partial charge < -0.3 is 25.6 Å². The zero-order valence-corrected chi connectivity index (χ0v) is 22.0. The molecule has 4 atom stereocenters. The van der Waals surface area contributed by atoms with Gasteiger partial charge in [-0.15, -0.1) is 0 Å². The lowest BCUT2D eigenvalue weighted by Gasteiger charge is -2.31. The van der Waals surface area contributed by atoms with Gasteiger partial charge in [0.2, 0.25) is 11.8 Å². The molecule has 5 N–H and O–H groups in total. The Kier molecular flexibility index (Phi) is 7.64. The minimum absolute atomic E-state index is 0.0371. The number of urea groups is 1. The number of rotatable bonds is 10. The zero-order valence-electron chi connectivity index (χ0n) is 22.0. The Labute approximate surface area is 228 Å². The van der Waals surface area contributed by atoms with E-state index < -0.39 is 52.2 Å². The number of aliphatic carboxylic acids is 1. The highest BCUT2D eigenvalue weighted by molar-refractivity contribution is 6.24. The summed E-state index contributed by atoms with van der Waals surface area (Å²) in [5.74, 6) is -4.58. The number of hydrogen-bond donors (Lipinski definition) is 4. The first-order valence-corrected chi connectivity index (χ1v) is 12.4. The zero-order chi connectivity index (χ0) is 29.4. The number of amides is 4. The number of carbonyl (C=O) groups is 4. The molecule has 0 aliphatic carbocycles. The fraction of sp³-hybridized carbons (Fsp3) is 0.385. The molecular weight excluding hydrogens is 526 g/mol. The number of nitro benzene ring substituents is 1. The third-order valence-corrected chi connectivity index (χ3v) is 7.53. The average Bonchev–Trinajstić information content (AvgIpc) is 3.40. The van der Waals surface area contributed by atoms with Crippen LogP contribution >= 0.6 is 0 Å². The summed E-state index contributed by atoms with van der Waals surface area (Å²) in [4.78, 5) is 63.5. The normalized spacial score (nSPS) is 23.6. The van der Waals surface area contributed by atoms with Gasteiger partial charge in [-0.25, -0.2) is 9.69 Å². The van der Waals surface area contributed by atoms with Crippen LogP contribution in [0.2, 0.25) is 0 Å². The minimum atomic E-state index is -1.92. The van der Waals surface area contributed by atoms with Gasteiger partial charge >= 0.3 is 12.0 Å². The Morgan fingerprint density at radius 3 is 2.52 bits per heavy atom. The van der Waals surface area contributed by atoms with E-state index in [2.05, 4.69) is 10.6 Å². The SMILES string of the molecule is COc1ccc(C2NC(CCCNC(N)=O)(C(=O)O)C3C(=O)N(c4cccc([N+](=O)[O-])c4)C(=O)C23)c(OC)c1C. The number of non-ortho nitro benzene ring substituents is 1. The topological polar surface area (TPSA) is 203 Å². The van der Waals surface area contributed by atoms with Gasteiger partial charge in [0.05, 0.1) is 36.7 Å². The van der Waals surface area contributed by atoms with E-state index in [0.29, 0.717) is 22.6 Å². The lowest BCUT2D eigenvalue weighted by atomic mass is 9.76. The van der Waals surface area contributed by atoms with Crippen LogP contribution in [0, 0.1) is 28.9 Å². The van der Waals surface area contributed by atoms with Crippen LogP contribution in [0.1, 0.15) is 30.0 Å². The molecule has 2 aromatic rings. The van der Waals surface area contributed by atoms with E-state index >= 15 is 0 Å². The summed E-state index contributed by atoms with van der Waals surface area (Å²) < 4.78 is 11.0. The van der Waals surface area contributed by atoms with E-state index in [1.54, 1.807) is 19.1 Å². The van der Waals surface area contributed by atoms with Crippen molar-refractivity contribution in [1.29, 1.82) is 0 Å². The van der Waals surface area contributed by atoms with E-state index in [4.69, 9.17) is 15.2 Å². The molecule has 14 nitrogen and oxygen atoms in total. The van der Waals surface area contributed by atoms with Crippen molar-refractivity contribution in [2.45, 2.75) is 31.3 Å². The highest BCUT2D eigenvalue weighted by Gasteiger charge is 2.68. The Morgan fingerprint density at radius 1 is 1.20 bits per heavy atom. The van der Waals surface area contributed by atoms with Gasteiger partial charge in [0.15, 0.2) is 0 Å². The number of nitrogens with zero attached hydrogens (tertiary/aromatic N) is 2. The number of nitro groups is 1. The maximum Gasteiger partial charge on any atom is 0.324 e. The summed E-state index contributed by atoms with van der Waals surface area (Å²) in [6, 6.07) is 6.55. The number of methoxy groups -OCH3 is 2. The molecule has 0 saturated carbocycles. The molecule has 2 fully saturated rings. The first-order chi connectivity index (χ1) is 19.0. The number of imide groups is 1. The van der Waals surface area contributed by atoms with Gasteiger partial charge in [0, 0.05) is 35.8 Å². The number of carboxylic acids is 1. The van der Waals surface area contributed by atoms with Crippen molar-refractivity contribution >= 4 is 35.2 Å². The highest BCUT2D eigenvalue weighted by atomic mass is 16.6. The molecule has 0 aromatic heterocycles. The third-order valence-electron chi connectivity index (χ3n) is 7.53. The quantitative estimate of drug-likeness (QED) is 0.144. The van der Waals surface area contributed by atoms with Crippen LogP contribution in [0.3, 0.4) is 0 Å². The Balaban J connectivity index is 1.86. The molecule has 14 heteroatoms. The molecule has 4 rings (SSSR count). The smallest absolute Gasteiger partial charge is 0.324 e. The fourth-order valence-electron chi connectivity index (χ4n) is 5.81. The summed E-state index contributed by atoms with van der Waals surface area (Å²) in [5.41, 5.74) is 3.88. The largest absolute Gasteiger partial charge is 0.496 e. The van der Waals surface area contributed by atoms with E-state index in [9.17, 15) is 34.4 Å². The van der Waals surface area contributed by atoms with Crippen LogP contribution in [-0.4, -0.2) is 60.1 Å². The predicted octanol–water partition coefficient (Wildman–Crippen LogP) is 1.64. The monoisotopic (exact) mass is 555 g/mol. The predicted molar refractivity (Wildman–Crippen MR) is 140 cm³/mol. The molecule has 4 amide bonds. The number of carboxylic acid groups (broad SMARTS) is 1. The number of fused-ring (bicyclic) bond motifs is 1. The number of carbonyl (C=O) groups excluding carboxylic acids is 3. The summed E-state index contributed by atoms with van der Waals surface area (Å²) >= 11 is 0. The maximum atomic E-state index is 14.0. The van der Waals surface area contributed by atoms with Crippen LogP contribution in [0.15, 0.2) is 36.4 Å². The van der Waals surface area contributed by atoms with Gasteiger partial charge in [-0.3, -0.25) is 29.8 Å². The Hall–Kier alpha value is -4.72. The Bertz CT molecular complexity index is 1400. The molecule has 2 aliphatic heterocycles. The highest BCUT2D eigenvalue weighted by Crippen LogP contribution is 2.53. The summed E-state index contributed by atoms with van der Waals surface area (Å²) in [6.45, 7) is 1.78. The molecule has 0 bridgehead atoms. The lowest BCUT2D eigenvalue weighted by molar-refractivity contribution is -0.384. The Morgan fingerprint density at radius 2 is 1.93 bits per heavy atom. The van der Waals surface area contributed by atoms with Crippen molar-refractivity contribution in [2.75, 3.05) is 25.7 Å². The third kappa shape index (κ3) is 4.55. The van der Waals surface area contributed by atoms with E-state index in [-0.39, 0.29) is 30.8 Å². The number of primary amides is 1. The lowest BCUT2D eigenvalue weighted by Crippen LogP contribution is -2.56. The standard InChI is InChI=1S/C26H29N5O9/c1-13-17(39-2)9-8-16(21(13)40-3)20-18-19(26(29-20,24(34)35)10-5-11-28-25(27)36)23(33)30(22(18)32)14-6-4-7-15(12-14)31(37)38/h4,6-9,12,18-20,29H,5,10-11H2,1-3H3,(H,34,35)(H3,27,28,36). The molecule has 0 radical (unpaired) electrons. The van der Waals surface area contributed by atoms with Crippen molar-refractivity contribution in [1.82, 2.24) is 10.6 Å². The molecule has 2 saturated heterocycles. The molecular formula is C26H29N5O9. The van der Waals surface area contributed by atoms with Gasteiger partial charge in [0.25, 0.3) is 5.69 Å². The number of benzene rings is 2. The van der Waals surface area contributed by atoms with Crippen LogP contribution in [0.4, 0.5) is 16.2 Å². The molecule has 2 heterocycles. The molecule has 0 spiro atoms. The van der Waals surface area contributed by atoms with E-state index in [1.165, 1.54) is 32.4 Å². The van der Waals surface area contributed by atoms with Crippen LogP contribution in [0.5, 0.6) is 11.5 Å². The van der Waals surface area contributed by atoms with E-state index in [0.717, 1.165) is 11.0 Å². The second kappa shape index (κ2) is 10.8. The second-order valence-electron chi connectivity index (χ2n) is 9.60. The number of nitrogens with one attached hydrogen (secondary N) is 2. The molecule has 2 aromatic carbocycles. The molecule has 2 aliphatic rings. The van der Waals surface area contributed by atoms with Gasteiger partial charge in [-0.1, -0.05) is 12.1 Å². The van der Waals surface area contributed by atoms with Gasteiger partial charge in [-0.05, 0) is 31.9 Å². The number of hydrogen-bond acceptors (Lipinski definition) is 9. The van der Waals surface area contributed by atoms with Gasteiger partial charge in [0.1, 0.15) is 17.0 Å². The van der Waals surface area contributed by atoms with Crippen LogP contribution in [0.25, 0.3) is 0 Å². The van der Waals surface area contributed by atoms with Crippen molar-refractivity contribution in [3.05, 3.63) is 57.6 Å². The second-order valence-corrected chi connectivity index (χ2v) is 9.60. The van der Waals surface area contributed by atoms with Crippen molar-refractivity contribution in [2.24, 2.45) is 17.6 Å². The molecule has 4 unspecified atom stereocenters. The van der Waals surface area contributed by atoms with Crippen LogP contribution < -0.4 is 30.7 Å². The van der Waals surface area contributed by atoms with Crippen molar-refractivity contribution in [3.63, 3.8) is 0 Å². The molecule has 212 valence electrons. The fourth-order valence-corrected chi connectivity index (χ4v) is 5.81. The van der Waals surface area contributed by atoms with Gasteiger partial charge in [-0.2, -0.15) is 0 Å².